The maximum atomic E-state index is 13.5. The van der Waals surface area contributed by atoms with Gasteiger partial charge in [-0.1, -0.05) is 36.4 Å². The number of hydrogen-bond acceptors (Lipinski definition) is 4. The number of hydrogen-bond donors (Lipinski definition) is 0. The van der Waals surface area contributed by atoms with Crippen molar-refractivity contribution in [1.29, 1.82) is 0 Å². The summed E-state index contributed by atoms with van der Waals surface area (Å²) in [7, 11) is 3.41. The molecule has 1 fully saturated rings. The van der Waals surface area contributed by atoms with Gasteiger partial charge in [0.1, 0.15) is 0 Å². The molecule has 168 valence electrons. The molecule has 2 heterocycles. The predicted octanol–water partition coefficient (Wildman–Crippen LogP) is 4.03. The number of benzene rings is 2. The Labute approximate surface area is 183 Å². The van der Waals surface area contributed by atoms with Crippen molar-refractivity contribution in [2.24, 2.45) is 0 Å². The summed E-state index contributed by atoms with van der Waals surface area (Å²) in [5.41, 5.74) is 0.467. The standard InChI is InChI=1S/C23H23F3N4O2/c1-28-11-12-29(19(14-28)16-7-4-3-5-8-16)22(31)21-20(32-2)15-30(27-21)18-10-6-9-17(13-18)23(24,25)26/h3-10,13,15,19H,11-12,14H2,1-2H3/t19-/m1/s1. The van der Waals surface area contributed by atoms with E-state index in [1.54, 1.807) is 4.90 Å². The topological polar surface area (TPSA) is 50.6 Å². The average molecular weight is 444 g/mol. The largest absolute Gasteiger partial charge is 0.493 e. The van der Waals surface area contributed by atoms with Crippen LogP contribution in [0.15, 0.2) is 60.8 Å². The van der Waals surface area contributed by atoms with Crippen LogP contribution in [-0.2, 0) is 6.18 Å². The van der Waals surface area contributed by atoms with E-state index in [9.17, 15) is 18.0 Å². The van der Waals surface area contributed by atoms with E-state index in [1.165, 1.54) is 30.1 Å². The molecule has 32 heavy (non-hydrogen) atoms. The average Bonchev–Trinajstić information content (AvgIpc) is 3.23. The zero-order valence-corrected chi connectivity index (χ0v) is 17.7. The summed E-state index contributed by atoms with van der Waals surface area (Å²) >= 11 is 0. The quantitative estimate of drug-likeness (QED) is 0.610. The van der Waals surface area contributed by atoms with E-state index in [-0.39, 0.29) is 29.1 Å². The van der Waals surface area contributed by atoms with E-state index in [1.807, 2.05) is 37.4 Å². The van der Waals surface area contributed by atoms with Crippen LogP contribution in [-0.4, -0.2) is 59.3 Å². The van der Waals surface area contributed by atoms with Crippen LogP contribution in [0, 0.1) is 0 Å². The van der Waals surface area contributed by atoms with Crippen LogP contribution in [0.1, 0.15) is 27.7 Å². The summed E-state index contributed by atoms with van der Waals surface area (Å²) in [5, 5.41) is 4.32. The van der Waals surface area contributed by atoms with Gasteiger partial charge in [0.25, 0.3) is 5.91 Å². The summed E-state index contributed by atoms with van der Waals surface area (Å²) < 4.78 is 46.0. The Hall–Kier alpha value is -3.33. The molecule has 1 amide bonds. The van der Waals surface area contributed by atoms with Crippen molar-refractivity contribution >= 4 is 5.91 Å². The Morgan fingerprint density at radius 1 is 1.09 bits per heavy atom. The second-order valence-corrected chi connectivity index (χ2v) is 7.73. The lowest BCUT2D eigenvalue weighted by Crippen LogP contribution is -2.49. The van der Waals surface area contributed by atoms with Gasteiger partial charge in [0.2, 0.25) is 0 Å². The molecule has 0 spiro atoms. The third-order valence-corrected chi connectivity index (χ3v) is 5.57. The second kappa shape index (κ2) is 8.66. The first-order chi connectivity index (χ1) is 15.3. The van der Waals surface area contributed by atoms with Crippen LogP contribution >= 0.6 is 0 Å². The Bertz CT molecular complexity index is 1100. The van der Waals surface area contributed by atoms with Gasteiger partial charge in [0.05, 0.1) is 30.6 Å². The van der Waals surface area contributed by atoms with Gasteiger partial charge < -0.3 is 14.5 Å². The number of amides is 1. The number of likely N-dealkylation sites (N-methyl/N-ethyl adjacent to an activating group) is 1. The number of nitrogens with zero attached hydrogens (tertiary/aromatic N) is 4. The van der Waals surface area contributed by atoms with E-state index in [2.05, 4.69) is 10.00 Å². The zero-order valence-electron chi connectivity index (χ0n) is 17.7. The van der Waals surface area contributed by atoms with Gasteiger partial charge in [0, 0.05) is 19.6 Å². The minimum absolute atomic E-state index is 0.0652. The molecule has 1 aliphatic heterocycles. The molecule has 0 N–H and O–H groups in total. The molecule has 1 atom stereocenters. The minimum Gasteiger partial charge on any atom is -0.493 e. The molecule has 4 rings (SSSR count). The molecule has 6 nitrogen and oxygen atoms in total. The first-order valence-electron chi connectivity index (χ1n) is 10.1. The number of rotatable bonds is 4. The Morgan fingerprint density at radius 2 is 1.84 bits per heavy atom. The predicted molar refractivity (Wildman–Crippen MR) is 113 cm³/mol. The normalized spacial score (nSPS) is 17.4. The molecule has 0 saturated carbocycles. The van der Waals surface area contributed by atoms with Crippen molar-refractivity contribution in [3.8, 4) is 11.4 Å². The fraction of sp³-hybridized carbons (Fsp3) is 0.304. The van der Waals surface area contributed by atoms with Gasteiger partial charge in [-0.25, -0.2) is 4.68 Å². The lowest BCUT2D eigenvalue weighted by molar-refractivity contribution is -0.137. The van der Waals surface area contributed by atoms with Gasteiger partial charge in [-0.2, -0.15) is 18.3 Å². The van der Waals surface area contributed by atoms with Gasteiger partial charge in [-0.3, -0.25) is 4.79 Å². The third kappa shape index (κ3) is 4.34. The van der Waals surface area contributed by atoms with Crippen LogP contribution in [0.5, 0.6) is 5.75 Å². The molecule has 0 aliphatic carbocycles. The highest BCUT2D eigenvalue weighted by molar-refractivity contribution is 5.95. The van der Waals surface area contributed by atoms with Crippen LogP contribution in [0.3, 0.4) is 0 Å². The third-order valence-electron chi connectivity index (χ3n) is 5.57. The number of halogens is 3. The molecule has 9 heteroatoms. The number of alkyl halides is 3. The molecule has 1 aromatic heterocycles. The molecule has 1 aliphatic rings. The van der Waals surface area contributed by atoms with E-state index in [0.29, 0.717) is 19.6 Å². The Morgan fingerprint density at radius 3 is 2.53 bits per heavy atom. The van der Waals surface area contributed by atoms with Crippen LogP contribution < -0.4 is 4.74 Å². The highest BCUT2D eigenvalue weighted by Crippen LogP contribution is 2.32. The maximum Gasteiger partial charge on any atom is 0.416 e. The van der Waals surface area contributed by atoms with Crippen LogP contribution in [0.4, 0.5) is 13.2 Å². The molecule has 1 saturated heterocycles. The molecule has 0 bridgehead atoms. The van der Waals surface area contributed by atoms with E-state index in [4.69, 9.17) is 4.74 Å². The Balaban J connectivity index is 1.69. The van der Waals surface area contributed by atoms with E-state index >= 15 is 0 Å². The molecule has 0 radical (unpaired) electrons. The smallest absolute Gasteiger partial charge is 0.416 e. The maximum absolute atomic E-state index is 13.5. The van der Waals surface area contributed by atoms with Crippen molar-refractivity contribution in [2.75, 3.05) is 33.8 Å². The van der Waals surface area contributed by atoms with Gasteiger partial charge in [-0.05, 0) is 30.8 Å². The highest BCUT2D eigenvalue weighted by Gasteiger charge is 2.34. The summed E-state index contributed by atoms with van der Waals surface area (Å²) in [5.74, 6) is -0.118. The van der Waals surface area contributed by atoms with Gasteiger partial charge >= 0.3 is 6.18 Å². The van der Waals surface area contributed by atoms with Crippen LogP contribution in [0.2, 0.25) is 0 Å². The van der Waals surface area contributed by atoms with Crippen molar-refractivity contribution in [2.45, 2.75) is 12.2 Å². The number of methoxy groups -OCH3 is 1. The van der Waals surface area contributed by atoms with E-state index in [0.717, 1.165) is 17.7 Å². The fourth-order valence-corrected chi connectivity index (χ4v) is 3.87. The van der Waals surface area contributed by atoms with Crippen molar-refractivity contribution in [3.05, 3.63) is 77.6 Å². The fourth-order valence-electron chi connectivity index (χ4n) is 3.87. The Kier molecular flexibility index (Phi) is 5.92. The summed E-state index contributed by atoms with van der Waals surface area (Å²) in [6.07, 6.45) is -3.05. The highest BCUT2D eigenvalue weighted by atomic mass is 19.4. The first kappa shape index (κ1) is 21.9. The molecule has 2 aromatic carbocycles. The summed E-state index contributed by atoms with van der Waals surface area (Å²) in [4.78, 5) is 17.4. The monoisotopic (exact) mass is 444 g/mol. The summed E-state index contributed by atoms with van der Waals surface area (Å²) in [6.45, 7) is 1.85. The molecule has 0 unspecified atom stereocenters. The zero-order chi connectivity index (χ0) is 22.9. The lowest BCUT2D eigenvalue weighted by Gasteiger charge is -2.40. The van der Waals surface area contributed by atoms with Crippen molar-refractivity contribution in [3.63, 3.8) is 0 Å². The molecular weight excluding hydrogens is 421 g/mol. The second-order valence-electron chi connectivity index (χ2n) is 7.73. The SMILES string of the molecule is COc1cn(-c2cccc(C(F)(F)F)c2)nc1C(=O)N1CCN(C)C[C@@H]1c1ccccc1. The molecule has 3 aromatic rings. The first-order valence-corrected chi connectivity index (χ1v) is 10.1. The number of piperazine rings is 1. The van der Waals surface area contributed by atoms with E-state index < -0.39 is 11.7 Å². The van der Waals surface area contributed by atoms with Gasteiger partial charge in [0.15, 0.2) is 11.4 Å². The number of aromatic nitrogens is 2. The van der Waals surface area contributed by atoms with Crippen molar-refractivity contribution in [1.82, 2.24) is 19.6 Å². The number of ether oxygens (including phenoxy) is 1. The van der Waals surface area contributed by atoms with Gasteiger partial charge in [-0.15, -0.1) is 0 Å². The number of carbonyl (C=O) groups excluding carboxylic acids is 1. The lowest BCUT2D eigenvalue weighted by atomic mass is 10.0. The summed E-state index contributed by atoms with van der Waals surface area (Å²) in [6, 6.07) is 14.3. The number of carbonyl (C=O) groups is 1. The van der Waals surface area contributed by atoms with Crippen molar-refractivity contribution < 1.29 is 22.7 Å². The van der Waals surface area contributed by atoms with Crippen LogP contribution in [0.25, 0.3) is 5.69 Å². The molecular formula is C23H23F3N4O2. The minimum atomic E-state index is -4.48.